The van der Waals surface area contributed by atoms with E-state index in [0.29, 0.717) is 12.0 Å². The number of rotatable bonds is 10. The Morgan fingerprint density at radius 3 is 2.38 bits per heavy atom. The largest absolute Gasteiger partial charge is 0.396 e. The van der Waals surface area contributed by atoms with Crippen molar-refractivity contribution in [1.82, 2.24) is 10.2 Å². The zero-order valence-electron chi connectivity index (χ0n) is 11.6. The third-order valence-corrected chi connectivity index (χ3v) is 3.34. The summed E-state index contributed by atoms with van der Waals surface area (Å²) in [5, 5.41) is 12.3. The van der Waals surface area contributed by atoms with Crippen LogP contribution in [-0.4, -0.2) is 49.3 Å². The summed E-state index contributed by atoms with van der Waals surface area (Å²) in [5.41, 5.74) is 0.349. The van der Waals surface area contributed by atoms with Crippen LogP contribution in [0.1, 0.15) is 40.5 Å². The molecule has 0 aromatic heterocycles. The molecule has 0 aliphatic rings. The van der Waals surface area contributed by atoms with Gasteiger partial charge in [-0.05, 0) is 31.3 Å². The zero-order valence-corrected chi connectivity index (χ0v) is 11.6. The highest BCUT2D eigenvalue weighted by molar-refractivity contribution is 4.79. The van der Waals surface area contributed by atoms with E-state index >= 15 is 0 Å². The van der Waals surface area contributed by atoms with E-state index in [9.17, 15) is 0 Å². The lowest BCUT2D eigenvalue weighted by atomic mass is 9.86. The minimum absolute atomic E-state index is 0.298. The van der Waals surface area contributed by atoms with E-state index in [2.05, 4.69) is 37.9 Å². The van der Waals surface area contributed by atoms with Gasteiger partial charge in [0.05, 0.1) is 0 Å². The molecule has 0 bridgehead atoms. The van der Waals surface area contributed by atoms with Crippen molar-refractivity contribution in [3.63, 3.8) is 0 Å². The van der Waals surface area contributed by atoms with Crippen LogP contribution in [0, 0.1) is 5.41 Å². The second-order valence-electron chi connectivity index (χ2n) is 4.89. The molecule has 0 saturated heterocycles. The van der Waals surface area contributed by atoms with Crippen LogP contribution >= 0.6 is 0 Å². The normalized spacial score (nSPS) is 15.4. The molecule has 0 spiro atoms. The van der Waals surface area contributed by atoms with Gasteiger partial charge in [-0.2, -0.15) is 0 Å². The molecule has 0 amide bonds. The third-order valence-electron chi connectivity index (χ3n) is 3.34. The van der Waals surface area contributed by atoms with Crippen LogP contribution in [-0.2, 0) is 0 Å². The number of aliphatic hydroxyl groups excluding tert-OH is 1. The first kappa shape index (κ1) is 15.9. The summed E-state index contributed by atoms with van der Waals surface area (Å²) >= 11 is 0. The predicted octanol–water partition coefficient (Wildman–Crippen LogP) is 1.72. The van der Waals surface area contributed by atoms with Gasteiger partial charge in [0.2, 0.25) is 0 Å². The van der Waals surface area contributed by atoms with Crippen LogP contribution in [0.15, 0.2) is 0 Å². The van der Waals surface area contributed by atoms with Gasteiger partial charge in [-0.15, -0.1) is 0 Å². The van der Waals surface area contributed by atoms with E-state index in [1.807, 2.05) is 0 Å². The minimum atomic E-state index is 0.298. The maximum absolute atomic E-state index is 8.87. The van der Waals surface area contributed by atoms with Crippen molar-refractivity contribution in [3.05, 3.63) is 0 Å². The van der Waals surface area contributed by atoms with Crippen molar-refractivity contribution in [1.29, 1.82) is 0 Å². The number of hydrogen-bond donors (Lipinski definition) is 2. The van der Waals surface area contributed by atoms with Gasteiger partial charge in [0.15, 0.2) is 0 Å². The van der Waals surface area contributed by atoms with Crippen molar-refractivity contribution >= 4 is 0 Å². The number of nitrogens with one attached hydrogen (secondary N) is 1. The van der Waals surface area contributed by atoms with Crippen molar-refractivity contribution in [2.75, 3.05) is 39.3 Å². The topological polar surface area (TPSA) is 35.5 Å². The van der Waals surface area contributed by atoms with Crippen LogP contribution in [0.4, 0.5) is 0 Å². The lowest BCUT2D eigenvalue weighted by Crippen LogP contribution is -2.42. The van der Waals surface area contributed by atoms with Crippen molar-refractivity contribution in [3.8, 4) is 0 Å². The predicted molar refractivity (Wildman–Crippen MR) is 70.8 cm³/mol. The number of hydrogen-bond acceptors (Lipinski definition) is 3. The molecule has 16 heavy (non-hydrogen) atoms. The zero-order chi connectivity index (χ0) is 12.4. The van der Waals surface area contributed by atoms with Crippen LogP contribution in [0.5, 0.6) is 0 Å². The van der Waals surface area contributed by atoms with Crippen molar-refractivity contribution < 1.29 is 5.11 Å². The standard InChI is InChI=1S/C13H30N2O/c1-5-13(4,11-14-6-2)12-15(7-3)9-8-10-16/h14,16H,5-12H2,1-4H3. The van der Waals surface area contributed by atoms with Gasteiger partial charge in [-0.3, -0.25) is 0 Å². The van der Waals surface area contributed by atoms with Crippen LogP contribution in [0.25, 0.3) is 0 Å². The van der Waals surface area contributed by atoms with E-state index in [0.717, 1.165) is 39.1 Å². The molecule has 0 saturated carbocycles. The molecule has 1 atom stereocenters. The van der Waals surface area contributed by atoms with Crippen molar-refractivity contribution in [2.24, 2.45) is 5.41 Å². The average Bonchev–Trinajstić information content (AvgIpc) is 2.32. The summed E-state index contributed by atoms with van der Waals surface area (Å²) in [6, 6.07) is 0. The Bertz CT molecular complexity index is 164. The Hall–Kier alpha value is -0.120. The Labute approximate surface area is 101 Å². The van der Waals surface area contributed by atoms with E-state index in [-0.39, 0.29) is 0 Å². The summed E-state index contributed by atoms with van der Waals surface area (Å²) in [6.45, 7) is 14.6. The van der Waals surface area contributed by atoms with Gasteiger partial charge < -0.3 is 15.3 Å². The summed E-state index contributed by atoms with van der Waals surface area (Å²) in [7, 11) is 0. The summed E-state index contributed by atoms with van der Waals surface area (Å²) < 4.78 is 0. The maximum Gasteiger partial charge on any atom is 0.0443 e. The molecule has 0 aromatic rings. The molecule has 0 aliphatic heterocycles. The van der Waals surface area contributed by atoms with Gasteiger partial charge in [-0.1, -0.05) is 27.7 Å². The van der Waals surface area contributed by atoms with Crippen LogP contribution in [0.3, 0.4) is 0 Å². The smallest absolute Gasteiger partial charge is 0.0443 e. The maximum atomic E-state index is 8.87. The SMILES string of the molecule is CCNCC(C)(CC)CN(CC)CCCO. The first-order valence-electron chi connectivity index (χ1n) is 6.65. The quantitative estimate of drug-likeness (QED) is 0.600. The molecule has 1 unspecified atom stereocenters. The first-order valence-corrected chi connectivity index (χ1v) is 6.65. The Morgan fingerprint density at radius 1 is 1.25 bits per heavy atom. The molecule has 0 heterocycles. The van der Waals surface area contributed by atoms with E-state index in [1.165, 1.54) is 6.42 Å². The molecular formula is C13H30N2O. The summed E-state index contributed by atoms with van der Waals surface area (Å²) in [6.07, 6.45) is 2.07. The van der Waals surface area contributed by atoms with E-state index in [1.54, 1.807) is 0 Å². The van der Waals surface area contributed by atoms with E-state index in [4.69, 9.17) is 5.11 Å². The van der Waals surface area contributed by atoms with Gasteiger partial charge in [0.1, 0.15) is 0 Å². The molecule has 0 fully saturated rings. The van der Waals surface area contributed by atoms with Gasteiger partial charge in [0.25, 0.3) is 0 Å². The number of aliphatic hydroxyl groups is 1. The highest BCUT2D eigenvalue weighted by Crippen LogP contribution is 2.21. The lowest BCUT2D eigenvalue weighted by Gasteiger charge is -2.34. The van der Waals surface area contributed by atoms with Crippen molar-refractivity contribution in [2.45, 2.75) is 40.5 Å². The second kappa shape index (κ2) is 8.97. The molecule has 2 N–H and O–H groups in total. The minimum Gasteiger partial charge on any atom is -0.396 e. The molecule has 98 valence electrons. The highest BCUT2D eigenvalue weighted by Gasteiger charge is 2.23. The van der Waals surface area contributed by atoms with Gasteiger partial charge in [0, 0.05) is 26.2 Å². The number of nitrogens with zero attached hydrogens (tertiary/aromatic N) is 1. The third kappa shape index (κ3) is 6.46. The molecule has 3 heteroatoms. The first-order chi connectivity index (χ1) is 7.61. The molecule has 0 aromatic carbocycles. The van der Waals surface area contributed by atoms with Crippen LogP contribution < -0.4 is 5.32 Å². The average molecular weight is 230 g/mol. The van der Waals surface area contributed by atoms with E-state index < -0.39 is 0 Å². The molecular weight excluding hydrogens is 200 g/mol. The Morgan fingerprint density at radius 2 is 1.94 bits per heavy atom. The monoisotopic (exact) mass is 230 g/mol. The molecule has 0 radical (unpaired) electrons. The van der Waals surface area contributed by atoms with Gasteiger partial charge in [-0.25, -0.2) is 0 Å². The van der Waals surface area contributed by atoms with Gasteiger partial charge >= 0.3 is 0 Å². The molecule has 0 rings (SSSR count). The highest BCUT2D eigenvalue weighted by atomic mass is 16.3. The summed E-state index contributed by atoms with van der Waals surface area (Å²) in [4.78, 5) is 2.44. The Kier molecular flexibility index (Phi) is 8.90. The molecule has 3 nitrogen and oxygen atoms in total. The molecule has 0 aliphatic carbocycles. The fourth-order valence-corrected chi connectivity index (χ4v) is 1.90. The lowest BCUT2D eigenvalue weighted by molar-refractivity contribution is 0.149. The fourth-order valence-electron chi connectivity index (χ4n) is 1.90. The second-order valence-corrected chi connectivity index (χ2v) is 4.89. The summed E-state index contributed by atoms with van der Waals surface area (Å²) in [5.74, 6) is 0. The van der Waals surface area contributed by atoms with Crippen LogP contribution in [0.2, 0.25) is 0 Å². The Balaban J connectivity index is 4.12. The fraction of sp³-hybridized carbons (Fsp3) is 1.00.